The second kappa shape index (κ2) is 9.20. The van der Waals surface area contributed by atoms with Crippen molar-refractivity contribution in [1.82, 2.24) is 0 Å². The number of amides is 2. The molecular weight excluding hydrogens is 414 g/mol. The number of hydrogen-bond acceptors (Lipinski definition) is 5. The average molecular weight is 442 g/mol. The first-order valence-corrected chi connectivity index (χ1v) is 10.9. The molecule has 0 aromatic heterocycles. The van der Waals surface area contributed by atoms with E-state index in [2.05, 4.69) is 5.32 Å². The third-order valence-corrected chi connectivity index (χ3v) is 5.27. The average Bonchev–Trinajstić information content (AvgIpc) is 3.04. The molecule has 4 rings (SSSR count). The molecule has 0 spiro atoms. The maximum Gasteiger partial charge on any atom is 0.282 e. The Hall–Kier alpha value is -4.06. The van der Waals surface area contributed by atoms with Gasteiger partial charge in [0, 0.05) is 25.5 Å². The number of hydrogen-bond donors (Lipinski definition) is 1. The fourth-order valence-electron chi connectivity index (χ4n) is 3.72. The molecule has 6 nitrogen and oxygen atoms in total. The summed E-state index contributed by atoms with van der Waals surface area (Å²) in [6.45, 7) is 3.81. The molecular formula is C27H27N3O3. The van der Waals surface area contributed by atoms with Crippen LogP contribution in [0.1, 0.15) is 19.4 Å². The van der Waals surface area contributed by atoms with Gasteiger partial charge in [0.15, 0.2) is 0 Å². The van der Waals surface area contributed by atoms with E-state index < -0.39 is 11.8 Å². The van der Waals surface area contributed by atoms with E-state index >= 15 is 0 Å². The van der Waals surface area contributed by atoms with Crippen molar-refractivity contribution in [3.8, 4) is 5.75 Å². The summed E-state index contributed by atoms with van der Waals surface area (Å²) in [4.78, 5) is 30.5. The molecule has 0 saturated heterocycles. The van der Waals surface area contributed by atoms with Gasteiger partial charge in [-0.1, -0.05) is 42.5 Å². The molecule has 1 aliphatic rings. The van der Waals surface area contributed by atoms with Crippen LogP contribution in [0.5, 0.6) is 5.75 Å². The van der Waals surface area contributed by atoms with Crippen molar-refractivity contribution in [3.05, 3.63) is 90.1 Å². The summed E-state index contributed by atoms with van der Waals surface area (Å²) in [5, 5.41) is 3.20. The van der Waals surface area contributed by atoms with Crippen LogP contribution >= 0.6 is 0 Å². The third kappa shape index (κ3) is 4.46. The van der Waals surface area contributed by atoms with Gasteiger partial charge >= 0.3 is 0 Å². The largest absolute Gasteiger partial charge is 0.489 e. The molecule has 3 aromatic rings. The molecule has 33 heavy (non-hydrogen) atoms. The van der Waals surface area contributed by atoms with Crippen molar-refractivity contribution in [2.75, 3.05) is 29.2 Å². The van der Waals surface area contributed by atoms with Crippen molar-refractivity contribution >= 4 is 34.4 Å². The molecule has 6 heteroatoms. The summed E-state index contributed by atoms with van der Waals surface area (Å²) >= 11 is 0. The lowest BCUT2D eigenvalue weighted by atomic mass is 10.0. The van der Waals surface area contributed by atoms with Crippen LogP contribution in [0.15, 0.2) is 84.6 Å². The van der Waals surface area contributed by atoms with Crippen LogP contribution in [0.2, 0.25) is 0 Å². The highest BCUT2D eigenvalue weighted by atomic mass is 16.5. The van der Waals surface area contributed by atoms with Crippen LogP contribution in [-0.2, 0) is 9.59 Å². The number of benzene rings is 3. The lowest BCUT2D eigenvalue weighted by Crippen LogP contribution is -2.33. The summed E-state index contributed by atoms with van der Waals surface area (Å²) in [7, 11) is 3.93. The van der Waals surface area contributed by atoms with Gasteiger partial charge in [0.1, 0.15) is 11.4 Å². The Morgan fingerprint density at radius 2 is 1.45 bits per heavy atom. The SMILES string of the molecule is CC(C)Oc1ccccc1N1C(=O)C(Nc2ccc(N(C)C)cc2)=C(c2ccccc2)C1=O. The van der Waals surface area contributed by atoms with Crippen LogP contribution in [0.25, 0.3) is 5.57 Å². The Morgan fingerprint density at radius 3 is 2.09 bits per heavy atom. The maximum atomic E-state index is 13.6. The van der Waals surface area contributed by atoms with Gasteiger partial charge in [-0.3, -0.25) is 9.59 Å². The second-order valence-corrected chi connectivity index (χ2v) is 8.26. The quantitative estimate of drug-likeness (QED) is 0.527. The zero-order valence-corrected chi connectivity index (χ0v) is 19.2. The lowest BCUT2D eigenvalue weighted by Gasteiger charge is -2.20. The zero-order chi connectivity index (χ0) is 23.5. The van der Waals surface area contributed by atoms with Crippen LogP contribution in [0.4, 0.5) is 17.1 Å². The number of carbonyl (C=O) groups excluding carboxylic acids is 2. The fourth-order valence-corrected chi connectivity index (χ4v) is 3.72. The van der Waals surface area contributed by atoms with Crippen molar-refractivity contribution in [3.63, 3.8) is 0 Å². The van der Waals surface area contributed by atoms with Crippen molar-refractivity contribution in [2.24, 2.45) is 0 Å². The van der Waals surface area contributed by atoms with Gasteiger partial charge in [-0.05, 0) is 55.8 Å². The van der Waals surface area contributed by atoms with E-state index in [1.165, 1.54) is 4.90 Å². The number of nitrogens with one attached hydrogen (secondary N) is 1. The zero-order valence-electron chi connectivity index (χ0n) is 19.2. The van der Waals surface area contributed by atoms with E-state index in [0.29, 0.717) is 22.6 Å². The monoisotopic (exact) mass is 441 g/mol. The molecule has 1 N–H and O–H groups in total. The summed E-state index contributed by atoms with van der Waals surface area (Å²) in [5.41, 5.74) is 3.42. The summed E-state index contributed by atoms with van der Waals surface area (Å²) in [6.07, 6.45) is -0.103. The maximum absolute atomic E-state index is 13.6. The number of nitrogens with zero attached hydrogens (tertiary/aromatic N) is 2. The molecule has 3 aromatic carbocycles. The summed E-state index contributed by atoms with van der Waals surface area (Å²) in [6, 6.07) is 24.0. The van der Waals surface area contributed by atoms with E-state index in [4.69, 9.17) is 4.74 Å². The molecule has 1 heterocycles. The molecule has 0 unspecified atom stereocenters. The summed E-state index contributed by atoms with van der Waals surface area (Å²) in [5.74, 6) is -0.327. The van der Waals surface area contributed by atoms with Crippen LogP contribution in [-0.4, -0.2) is 32.0 Å². The van der Waals surface area contributed by atoms with E-state index in [1.54, 1.807) is 18.2 Å². The van der Waals surface area contributed by atoms with Gasteiger partial charge in [0.2, 0.25) is 0 Å². The number of anilines is 3. The minimum Gasteiger partial charge on any atom is -0.489 e. The normalized spacial score (nSPS) is 13.7. The van der Waals surface area contributed by atoms with E-state index in [9.17, 15) is 9.59 Å². The predicted octanol–water partition coefficient (Wildman–Crippen LogP) is 4.94. The first kappa shape index (κ1) is 22.1. The lowest BCUT2D eigenvalue weighted by molar-refractivity contribution is -0.120. The minimum atomic E-state index is -0.421. The Kier molecular flexibility index (Phi) is 6.18. The first-order valence-electron chi connectivity index (χ1n) is 10.9. The van der Waals surface area contributed by atoms with Gasteiger partial charge in [-0.15, -0.1) is 0 Å². The Labute approximate surface area is 194 Å². The number of para-hydroxylation sites is 2. The molecule has 0 aliphatic carbocycles. The highest BCUT2D eigenvalue weighted by Gasteiger charge is 2.41. The third-order valence-electron chi connectivity index (χ3n) is 5.27. The van der Waals surface area contributed by atoms with Gasteiger partial charge in [0.25, 0.3) is 11.8 Å². The topological polar surface area (TPSA) is 61.9 Å². The molecule has 0 radical (unpaired) electrons. The molecule has 0 fully saturated rings. The van der Waals surface area contributed by atoms with Gasteiger partial charge in [-0.25, -0.2) is 4.90 Å². The highest BCUT2D eigenvalue weighted by Crippen LogP contribution is 2.38. The van der Waals surface area contributed by atoms with Crippen molar-refractivity contribution < 1.29 is 14.3 Å². The van der Waals surface area contributed by atoms with Gasteiger partial charge in [0.05, 0.1) is 17.4 Å². The van der Waals surface area contributed by atoms with E-state index in [-0.39, 0.29) is 11.8 Å². The van der Waals surface area contributed by atoms with Crippen LogP contribution in [0, 0.1) is 0 Å². The molecule has 1 aliphatic heterocycles. The molecule has 0 atom stereocenters. The number of ether oxygens (including phenoxy) is 1. The van der Waals surface area contributed by atoms with Crippen molar-refractivity contribution in [2.45, 2.75) is 20.0 Å². The van der Waals surface area contributed by atoms with Crippen molar-refractivity contribution in [1.29, 1.82) is 0 Å². The molecule has 0 bridgehead atoms. The highest BCUT2D eigenvalue weighted by molar-refractivity contribution is 6.46. The summed E-state index contributed by atoms with van der Waals surface area (Å²) < 4.78 is 5.89. The number of imide groups is 1. The van der Waals surface area contributed by atoms with Crippen LogP contribution in [0.3, 0.4) is 0 Å². The smallest absolute Gasteiger partial charge is 0.282 e. The Balaban J connectivity index is 1.78. The van der Waals surface area contributed by atoms with E-state index in [1.807, 2.05) is 93.5 Å². The van der Waals surface area contributed by atoms with Crippen LogP contribution < -0.4 is 19.9 Å². The predicted molar refractivity (Wildman–Crippen MR) is 132 cm³/mol. The first-order chi connectivity index (χ1) is 15.9. The fraction of sp³-hybridized carbons (Fsp3) is 0.185. The number of rotatable bonds is 7. The van der Waals surface area contributed by atoms with E-state index in [0.717, 1.165) is 11.4 Å². The molecule has 0 saturated carbocycles. The Morgan fingerprint density at radius 1 is 0.818 bits per heavy atom. The van der Waals surface area contributed by atoms with Gasteiger partial charge < -0.3 is 15.0 Å². The molecule has 168 valence electrons. The standard InChI is InChI=1S/C27H27N3O3/c1-18(2)33-23-13-9-8-12-22(23)30-26(31)24(19-10-6-5-7-11-19)25(27(30)32)28-20-14-16-21(17-15-20)29(3)4/h5-18,28H,1-4H3. The minimum absolute atomic E-state index is 0.103. The Bertz CT molecular complexity index is 1200. The number of carbonyl (C=O) groups is 2. The molecule has 2 amide bonds. The second-order valence-electron chi connectivity index (χ2n) is 8.26. The van der Waals surface area contributed by atoms with Gasteiger partial charge in [-0.2, -0.15) is 0 Å².